The minimum absolute atomic E-state index is 0.0335. The zero-order valence-corrected chi connectivity index (χ0v) is 21.1. The van der Waals surface area contributed by atoms with Gasteiger partial charge < -0.3 is 15.2 Å². The minimum Gasteiger partial charge on any atom is -0.463 e. The predicted molar refractivity (Wildman–Crippen MR) is 125 cm³/mol. The van der Waals surface area contributed by atoms with Crippen molar-refractivity contribution in [2.75, 3.05) is 11.9 Å². The van der Waals surface area contributed by atoms with Gasteiger partial charge in [-0.05, 0) is 44.6 Å². The molecular weight excluding hydrogens is 523 g/mol. The van der Waals surface area contributed by atoms with Crippen LogP contribution in [0, 0.1) is 29.3 Å². The monoisotopic (exact) mass is 547 g/mol. The molecule has 4 rings (SSSR count). The number of amides is 1. The van der Waals surface area contributed by atoms with Crippen molar-refractivity contribution in [1.82, 2.24) is 0 Å². The zero-order valence-electron chi connectivity index (χ0n) is 19.5. The molecular formula is C24H25ClF3NO6S. The maximum Gasteiger partial charge on any atom is 0.302 e. The van der Waals surface area contributed by atoms with Gasteiger partial charge in [0.15, 0.2) is 27.3 Å². The molecule has 2 N–H and O–H groups in total. The molecule has 2 saturated carbocycles. The average Bonchev–Trinajstić information content (AvgIpc) is 3.32. The predicted octanol–water partition coefficient (Wildman–Crippen LogP) is 3.76. The van der Waals surface area contributed by atoms with E-state index in [2.05, 4.69) is 5.32 Å². The van der Waals surface area contributed by atoms with Crippen LogP contribution in [0.5, 0.6) is 0 Å². The molecule has 196 valence electrons. The fourth-order valence-electron chi connectivity index (χ4n) is 5.58. The first-order chi connectivity index (χ1) is 16.7. The van der Waals surface area contributed by atoms with Crippen molar-refractivity contribution in [2.45, 2.75) is 55.3 Å². The third-order valence-corrected chi connectivity index (χ3v) is 10.3. The molecule has 3 aliphatic rings. The van der Waals surface area contributed by atoms with Gasteiger partial charge in [0.2, 0.25) is 0 Å². The molecule has 2 bridgehead atoms. The molecule has 0 aliphatic heterocycles. The van der Waals surface area contributed by atoms with Crippen LogP contribution >= 0.6 is 11.6 Å². The van der Waals surface area contributed by atoms with Crippen LogP contribution in [0.3, 0.4) is 0 Å². The lowest BCUT2D eigenvalue weighted by Gasteiger charge is -2.33. The van der Waals surface area contributed by atoms with Crippen molar-refractivity contribution < 1.29 is 41.0 Å². The lowest BCUT2D eigenvalue weighted by molar-refractivity contribution is -0.152. The molecule has 5 atom stereocenters. The molecule has 36 heavy (non-hydrogen) atoms. The van der Waals surface area contributed by atoms with Gasteiger partial charge in [0.25, 0.3) is 5.91 Å². The number of hydrogen-bond donors (Lipinski definition) is 2. The molecule has 1 amide bonds. The van der Waals surface area contributed by atoms with Crippen LogP contribution in [-0.2, 0) is 24.2 Å². The van der Waals surface area contributed by atoms with Gasteiger partial charge in [0.05, 0.1) is 15.0 Å². The Hall–Kier alpha value is -2.37. The molecule has 1 aromatic carbocycles. The maximum absolute atomic E-state index is 13.9. The van der Waals surface area contributed by atoms with Gasteiger partial charge in [-0.1, -0.05) is 6.08 Å². The highest BCUT2D eigenvalue weighted by Gasteiger charge is 2.62. The number of aliphatic hydroxyl groups is 1. The first kappa shape index (κ1) is 26.7. The van der Waals surface area contributed by atoms with Crippen LogP contribution in [0.4, 0.5) is 18.9 Å². The largest absolute Gasteiger partial charge is 0.463 e. The smallest absolute Gasteiger partial charge is 0.302 e. The van der Waals surface area contributed by atoms with Crippen molar-refractivity contribution in [3.8, 4) is 0 Å². The van der Waals surface area contributed by atoms with E-state index >= 15 is 0 Å². The molecule has 3 aliphatic carbocycles. The van der Waals surface area contributed by atoms with E-state index in [4.69, 9.17) is 16.3 Å². The van der Waals surface area contributed by atoms with Crippen molar-refractivity contribution >= 4 is 39.0 Å². The molecule has 2 fully saturated rings. The Morgan fingerprint density at radius 3 is 2.47 bits per heavy atom. The van der Waals surface area contributed by atoms with Gasteiger partial charge in [-0.15, -0.1) is 11.6 Å². The van der Waals surface area contributed by atoms with Crippen LogP contribution in [-0.4, -0.2) is 47.7 Å². The van der Waals surface area contributed by atoms with Gasteiger partial charge >= 0.3 is 5.97 Å². The van der Waals surface area contributed by atoms with Crippen LogP contribution in [0.25, 0.3) is 0 Å². The number of carbonyl (C=O) groups excluding carboxylic acids is 2. The van der Waals surface area contributed by atoms with Gasteiger partial charge in [-0.3, -0.25) is 9.59 Å². The summed E-state index contributed by atoms with van der Waals surface area (Å²) in [5.41, 5.74) is -1.94. The third kappa shape index (κ3) is 4.68. The Morgan fingerprint density at radius 2 is 1.86 bits per heavy atom. The molecule has 7 nitrogen and oxygen atoms in total. The van der Waals surface area contributed by atoms with Crippen LogP contribution in [0.1, 0.15) is 39.5 Å². The number of sulfone groups is 1. The summed E-state index contributed by atoms with van der Waals surface area (Å²) in [4.78, 5) is 22.5. The van der Waals surface area contributed by atoms with E-state index < -0.39 is 60.8 Å². The highest BCUT2D eigenvalue weighted by Crippen LogP contribution is 2.56. The average molecular weight is 548 g/mol. The summed E-state index contributed by atoms with van der Waals surface area (Å²) in [6.07, 6.45) is 3.62. The van der Waals surface area contributed by atoms with Crippen LogP contribution in [0.15, 0.2) is 34.8 Å². The zero-order chi connectivity index (χ0) is 26.6. The molecule has 1 aromatic rings. The quantitative estimate of drug-likeness (QED) is 0.319. The molecule has 0 radical (unpaired) electrons. The lowest BCUT2D eigenvalue weighted by Crippen LogP contribution is -2.44. The summed E-state index contributed by atoms with van der Waals surface area (Å²) in [7, 11) is -4.13. The third-order valence-electron chi connectivity index (χ3n) is 7.22. The first-order valence-electron chi connectivity index (χ1n) is 11.3. The molecule has 12 heteroatoms. The number of allylic oxidation sites excluding steroid dienone is 2. The summed E-state index contributed by atoms with van der Waals surface area (Å²) >= 11 is 6.58. The summed E-state index contributed by atoms with van der Waals surface area (Å²) in [5.74, 6) is -7.19. The molecule has 0 aromatic heterocycles. The number of carbonyl (C=O) groups is 2. The Kier molecular flexibility index (Phi) is 6.81. The van der Waals surface area contributed by atoms with Gasteiger partial charge in [0, 0.05) is 36.2 Å². The molecule has 0 saturated heterocycles. The number of esters is 1. The van der Waals surface area contributed by atoms with Gasteiger partial charge in [0.1, 0.15) is 12.2 Å². The topological polar surface area (TPSA) is 110 Å². The number of ether oxygens (including phenoxy) is 1. The SMILES string of the molecule is CC(=O)OC[C@@]1(O)CC2CCC1[C@@H]2S(=O)(=O)C1=CC(C(=O)Nc2cc(F)c(F)c(F)c2)=CC[C@@]1(C)Cl. The van der Waals surface area contributed by atoms with Crippen LogP contribution < -0.4 is 5.32 Å². The van der Waals surface area contributed by atoms with E-state index in [0.717, 1.165) is 6.08 Å². The van der Waals surface area contributed by atoms with Gasteiger partial charge in [-0.25, -0.2) is 21.6 Å². The second kappa shape index (κ2) is 9.18. The van der Waals surface area contributed by atoms with E-state index in [-0.39, 0.29) is 41.5 Å². The fraction of sp³-hybridized carbons (Fsp3) is 0.500. The lowest BCUT2D eigenvalue weighted by atomic mass is 9.85. The highest BCUT2D eigenvalue weighted by molar-refractivity contribution is 7.96. The number of anilines is 1. The Balaban J connectivity index is 1.62. The summed E-state index contributed by atoms with van der Waals surface area (Å²) in [5, 5.41) is 12.4. The van der Waals surface area contributed by atoms with E-state index in [1.165, 1.54) is 19.9 Å². The van der Waals surface area contributed by atoms with E-state index in [1.54, 1.807) is 0 Å². The maximum atomic E-state index is 13.9. The number of fused-ring (bicyclic) bond motifs is 2. The summed E-state index contributed by atoms with van der Waals surface area (Å²) in [6.45, 7) is 2.38. The number of rotatable bonds is 6. The van der Waals surface area contributed by atoms with Crippen molar-refractivity contribution in [3.05, 3.63) is 52.2 Å². The van der Waals surface area contributed by atoms with E-state index in [1.807, 2.05) is 0 Å². The number of nitrogens with one attached hydrogen (secondary N) is 1. The number of hydrogen-bond acceptors (Lipinski definition) is 6. The molecule has 2 unspecified atom stereocenters. The normalized spacial score (nSPS) is 31.6. The van der Waals surface area contributed by atoms with Crippen molar-refractivity contribution in [1.29, 1.82) is 0 Å². The number of halogens is 4. The number of alkyl halides is 1. The van der Waals surface area contributed by atoms with Crippen LogP contribution in [0.2, 0.25) is 0 Å². The summed E-state index contributed by atoms with van der Waals surface area (Å²) in [6, 6.07) is 1.21. The number of benzene rings is 1. The summed E-state index contributed by atoms with van der Waals surface area (Å²) < 4.78 is 73.0. The fourth-order valence-corrected chi connectivity index (χ4v) is 8.85. The van der Waals surface area contributed by atoms with Crippen molar-refractivity contribution in [2.24, 2.45) is 11.8 Å². The van der Waals surface area contributed by atoms with E-state index in [0.29, 0.717) is 25.0 Å². The Bertz CT molecular complexity index is 1270. The van der Waals surface area contributed by atoms with E-state index in [9.17, 15) is 36.3 Å². The molecule has 0 spiro atoms. The molecule has 0 heterocycles. The Labute approximate surface area is 211 Å². The standard InChI is InChI=1S/C24H25ClF3NO6S/c1-12(30)35-11-24(32)10-14-3-4-16(24)21(14)36(33,34)19-7-13(5-6-23(19,2)25)22(31)29-15-8-17(26)20(28)18(27)9-15/h5,7-9,14,16,21,32H,3-4,6,10-11H2,1-2H3,(H,29,31)/t14?,16?,21-,23-,24+/m1/s1. The highest BCUT2D eigenvalue weighted by atomic mass is 35.5. The Morgan fingerprint density at radius 1 is 1.22 bits per heavy atom. The second-order valence-corrected chi connectivity index (χ2v) is 12.7. The van der Waals surface area contributed by atoms with Gasteiger partial charge in [-0.2, -0.15) is 0 Å². The first-order valence-corrected chi connectivity index (χ1v) is 13.2. The van der Waals surface area contributed by atoms with Crippen molar-refractivity contribution in [3.63, 3.8) is 0 Å². The second-order valence-electron chi connectivity index (χ2n) is 9.82. The minimum atomic E-state index is -4.13.